The van der Waals surface area contributed by atoms with E-state index in [-0.39, 0.29) is 6.04 Å². The lowest BCUT2D eigenvalue weighted by Crippen LogP contribution is -2.53. The lowest BCUT2D eigenvalue weighted by molar-refractivity contribution is -0.135. The minimum absolute atomic E-state index is 0.0654. The van der Waals surface area contributed by atoms with Gasteiger partial charge in [0, 0.05) is 30.6 Å². The van der Waals surface area contributed by atoms with Gasteiger partial charge in [-0.15, -0.1) is 0 Å². The van der Waals surface area contributed by atoms with Crippen LogP contribution in [0.25, 0.3) is 0 Å². The molecule has 3 nitrogen and oxygen atoms in total. The minimum Gasteiger partial charge on any atom is -0.339 e. The first-order chi connectivity index (χ1) is 8.33. The van der Waals surface area contributed by atoms with Gasteiger partial charge in [0.05, 0.1) is 6.04 Å². The van der Waals surface area contributed by atoms with Gasteiger partial charge in [0.25, 0.3) is 0 Å². The Hall–Kier alpha value is -0.220. The van der Waals surface area contributed by atoms with Crippen molar-refractivity contribution < 1.29 is 4.79 Å². The van der Waals surface area contributed by atoms with E-state index in [1.54, 1.807) is 0 Å². The first-order valence-corrected chi connectivity index (χ1v) is 8.10. The predicted molar refractivity (Wildman–Crippen MR) is 73.4 cm³/mol. The molecular formula is C13H24N2OS. The maximum atomic E-state index is 12.5. The molecule has 1 aliphatic carbocycles. The van der Waals surface area contributed by atoms with Crippen LogP contribution in [0.4, 0.5) is 0 Å². The summed E-state index contributed by atoms with van der Waals surface area (Å²) in [6.07, 6.45) is 6.35. The molecule has 1 atom stereocenters. The Morgan fingerprint density at radius 3 is 2.71 bits per heavy atom. The van der Waals surface area contributed by atoms with E-state index < -0.39 is 0 Å². The zero-order valence-corrected chi connectivity index (χ0v) is 11.6. The fourth-order valence-electron chi connectivity index (χ4n) is 2.91. The van der Waals surface area contributed by atoms with E-state index in [1.807, 2.05) is 11.8 Å². The molecule has 1 N–H and O–H groups in total. The molecule has 1 heterocycles. The molecule has 1 aliphatic heterocycles. The Labute approximate surface area is 109 Å². The Bertz CT molecular complexity index is 248. The van der Waals surface area contributed by atoms with Crippen LogP contribution in [0.15, 0.2) is 0 Å². The summed E-state index contributed by atoms with van der Waals surface area (Å²) >= 11 is 1.90. The summed E-state index contributed by atoms with van der Waals surface area (Å²) in [4.78, 5) is 14.6. The number of nitrogens with one attached hydrogen (secondary N) is 1. The number of hydrogen-bond donors (Lipinski definition) is 1. The third-order valence-electron chi connectivity index (χ3n) is 3.86. The van der Waals surface area contributed by atoms with Crippen LogP contribution in [0.3, 0.4) is 0 Å². The highest BCUT2D eigenvalue weighted by Crippen LogP contribution is 2.23. The van der Waals surface area contributed by atoms with E-state index >= 15 is 0 Å². The highest BCUT2D eigenvalue weighted by molar-refractivity contribution is 7.99. The van der Waals surface area contributed by atoms with E-state index in [0.29, 0.717) is 11.9 Å². The summed E-state index contributed by atoms with van der Waals surface area (Å²) in [5.41, 5.74) is 0. The average Bonchev–Trinajstić information content (AvgIpc) is 2.42. The molecule has 0 bridgehead atoms. The second kappa shape index (κ2) is 6.64. The first-order valence-electron chi connectivity index (χ1n) is 6.94. The summed E-state index contributed by atoms with van der Waals surface area (Å²) in [5.74, 6) is 2.42. The smallest absolute Gasteiger partial charge is 0.240 e. The fourth-order valence-corrected chi connectivity index (χ4v) is 3.84. The Morgan fingerprint density at radius 2 is 2.12 bits per heavy atom. The van der Waals surface area contributed by atoms with E-state index in [2.05, 4.69) is 17.1 Å². The average molecular weight is 256 g/mol. The monoisotopic (exact) mass is 256 g/mol. The molecule has 0 radical (unpaired) electrons. The molecule has 0 spiro atoms. The number of thioether (sulfide) groups is 1. The van der Waals surface area contributed by atoms with Crippen molar-refractivity contribution in [3.05, 3.63) is 0 Å². The van der Waals surface area contributed by atoms with Gasteiger partial charge in [-0.1, -0.05) is 19.3 Å². The summed E-state index contributed by atoms with van der Waals surface area (Å²) < 4.78 is 0. The molecule has 4 heteroatoms. The topological polar surface area (TPSA) is 32.3 Å². The molecule has 1 saturated heterocycles. The summed E-state index contributed by atoms with van der Waals surface area (Å²) in [7, 11) is 0. The van der Waals surface area contributed by atoms with Crippen molar-refractivity contribution in [2.45, 2.75) is 51.1 Å². The summed E-state index contributed by atoms with van der Waals surface area (Å²) in [6, 6.07) is 0.575. The molecule has 0 aromatic heterocycles. The number of likely N-dealkylation sites (N-methyl/N-ethyl adjacent to an activating group) is 1. The van der Waals surface area contributed by atoms with Crippen molar-refractivity contribution in [1.29, 1.82) is 0 Å². The zero-order valence-electron chi connectivity index (χ0n) is 10.8. The molecule has 2 fully saturated rings. The van der Waals surface area contributed by atoms with Crippen LogP contribution in [-0.4, -0.2) is 47.5 Å². The van der Waals surface area contributed by atoms with Gasteiger partial charge < -0.3 is 10.2 Å². The molecule has 2 rings (SSSR count). The molecule has 1 unspecified atom stereocenters. The van der Waals surface area contributed by atoms with Crippen LogP contribution in [0.1, 0.15) is 39.0 Å². The van der Waals surface area contributed by atoms with Gasteiger partial charge in [0.1, 0.15) is 0 Å². The maximum Gasteiger partial charge on any atom is 0.240 e. The number of rotatable bonds is 3. The van der Waals surface area contributed by atoms with Gasteiger partial charge in [0.15, 0.2) is 0 Å². The highest BCUT2D eigenvalue weighted by atomic mass is 32.2. The van der Waals surface area contributed by atoms with Crippen molar-refractivity contribution in [2.75, 3.05) is 24.6 Å². The standard InChI is InChI=1S/C13H24N2OS/c1-2-15(11-6-4-3-5-7-11)13(16)12-10-17-9-8-14-12/h11-12,14H,2-10H2,1H3. The van der Waals surface area contributed by atoms with Crippen LogP contribution in [-0.2, 0) is 4.79 Å². The molecule has 98 valence electrons. The van der Waals surface area contributed by atoms with Crippen molar-refractivity contribution in [1.82, 2.24) is 10.2 Å². The Kier molecular flexibility index (Phi) is 5.16. The number of amides is 1. The quantitative estimate of drug-likeness (QED) is 0.837. The predicted octanol–water partition coefficient (Wildman–Crippen LogP) is 1.87. The van der Waals surface area contributed by atoms with Crippen molar-refractivity contribution in [3.63, 3.8) is 0 Å². The SMILES string of the molecule is CCN(C(=O)C1CSCCN1)C1CCCCC1. The van der Waals surface area contributed by atoms with E-state index in [1.165, 1.54) is 32.1 Å². The fraction of sp³-hybridized carbons (Fsp3) is 0.923. The van der Waals surface area contributed by atoms with Gasteiger partial charge in [0.2, 0.25) is 5.91 Å². The molecular weight excluding hydrogens is 232 g/mol. The largest absolute Gasteiger partial charge is 0.339 e. The van der Waals surface area contributed by atoms with Crippen LogP contribution < -0.4 is 5.32 Å². The van der Waals surface area contributed by atoms with Gasteiger partial charge in [-0.05, 0) is 19.8 Å². The van der Waals surface area contributed by atoms with E-state index in [4.69, 9.17) is 0 Å². The molecule has 2 aliphatic rings. The normalized spacial score (nSPS) is 26.8. The maximum absolute atomic E-state index is 12.5. The summed E-state index contributed by atoms with van der Waals surface area (Å²) in [5, 5.41) is 3.36. The van der Waals surface area contributed by atoms with Crippen molar-refractivity contribution in [2.24, 2.45) is 0 Å². The van der Waals surface area contributed by atoms with Gasteiger partial charge in [-0.25, -0.2) is 0 Å². The van der Waals surface area contributed by atoms with Crippen LogP contribution in [0.5, 0.6) is 0 Å². The van der Waals surface area contributed by atoms with E-state index in [9.17, 15) is 4.79 Å². The zero-order chi connectivity index (χ0) is 12.1. The summed E-state index contributed by atoms with van der Waals surface area (Å²) in [6.45, 7) is 3.96. The molecule has 17 heavy (non-hydrogen) atoms. The van der Waals surface area contributed by atoms with Crippen molar-refractivity contribution >= 4 is 17.7 Å². The number of hydrogen-bond acceptors (Lipinski definition) is 3. The van der Waals surface area contributed by atoms with Gasteiger partial charge >= 0.3 is 0 Å². The van der Waals surface area contributed by atoms with Gasteiger partial charge in [-0.3, -0.25) is 4.79 Å². The molecule has 1 amide bonds. The van der Waals surface area contributed by atoms with Gasteiger partial charge in [-0.2, -0.15) is 11.8 Å². The lowest BCUT2D eigenvalue weighted by Gasteiger charge is -2.36. The van der Waals surface area contributed by atoms with Crippen molar-refractivity contribution in [3.8, 4) is 0 Å². The first kappa shape index (κ1) is 13.2. The number of carbonyl (C=O) groups excluding carboxylic acids is 1. The van der Waals surface area contributed by atoms with Crippen LogP contribution in [0, 0.1) is 0 Å². The van der Waals surface area contributed by atoms with E-state index in [0.717, 1.165) is 24.6 Å². The molecule has 0 aromatic rings. The Balaban J connectivity index is 1.93. The lowest BCUT2D eigenvalue weighted by atomic mass is 9.94. The third kappa shape index (κ3) is 3.38. The highest BCUT2D eigenvalue weighted by Gasteiger charge is 2.30. The van der Waals surface area contributed by atoms with Crippen LogP contribution in [0.2, 0.25) is 0 Å². The van der Waals surface area contributed by atoms with Crippen LogP contribution >= 0.6 is 11.8 Å². The minimum atomic E-state index is 0.0654. The number of nitrogens with zero attached hydrogens (tertiary/aromatic N) is 1. The number of carbonyl (C=O) groups is 1. The second-order valence-corrected chi connectivity index (χ2v) is 6.15. The molecule has 1 saturated carbocycles. The second-order valence-electron chi connectivity index (χ2n) is 5.00. The molecule has 0 aromatic carbocycles. The third-order valence-corrected chi connectivity index (χ3v) is 4.92. The Morgan fingerprint density at radius 1 is 1.35 bits per heavy atom.